The number of methoxy groups -OCH3 is 1. The third kappa shape index (κ3) is 3.71. The number of benzene rings is 1. The average molecular weight is 386 g/mol. The topological polar surface area (TPSA) is 56.1 Å². The molecular weight excluding hydrogens is 358 g/mol. The SMILES string of the molecule is COCCc1nsc(N2CCCC(c3nc4ccccc4n3C(C)C)C2)n1. The largest absolute Gasteiger partial charge is 0.384 e. The maximum atomic E-state index is 5.14. The van der Waals surface area contributed by atoms with E-state index in [2.05, 4.69) is 52.0 Å². The summed E-state index contributed by atoms with van der Waals surface area (Å²) in [5, 5.41) is 1.03. The molecule has 0 amide bonds. The first kappa shape index (κ1) is 18.4. The molecule has 1 aliphatic heterocycles. The van der Waals surface area contributed by atoms with Gasteiger partial charge in [0.15, 0.2) is 0 Å². The Kier molecular flexibility index (Phi) is 5.41. The number of anilines is 1. The van der Waals surface area contributed by atoms with E-state index >= 15 is 0 Å². The summed E-state index contributed by atoms with van der Waals surface area (Å²) < 4.78 is 12.0. The Morgan fingerprint density at radius 2 is 2.11 bits per heavy atom. The van der Waals surface area contributed by atoms with Crippen molar-refractivity contribution in [1.29, 1.82) is 0 Å². The molecule has 0 radical (unpaired) electrons. The van der Waals surface area contributed by atoms with Gasteiger partial charge in [0.25, 0.3) is 0 Å². The van der Waals surface area contributed by atoms with E-state index in [0.29, 0.717) is 18.6 Å². The maximum absolute atomic E-state index is 5.14. The number of para-hydroxylation sites is 2. The zero-order chi connectivity index (χ0) is 18.8. The van der Waals surface area contributed by atoms with Crippen molar-refractivity contribution in [1.82, 2.24) is 18.9 Å². The first-order valence-electron chi connectivity index (χ1n) is 9.70. The molecule has 1 fully saturated rings. The molecule has 7 heteroatoms. The van der Waals surface area contributed by atoms with Crippen LogP contribution in [0.4, 0.5) is 5.13 Å². The molecule has 1 atom stereocenters. The number of nitrogens with zero attached hydrogens (tertiary/aromatic N) is 5. The summed E-state index contributed by atoms with van der Waals surface area (Å²) in [5.74, 6) is 2.51. The van der Waals surface area contributed by atoms with Gasteiger partial charge in [-0.1, -0.05) is 12.1 Å². The second-order valence-electron chi connectivity index (χ2n) is 7.44. The second-order valence-corrected chi connectivity index (χ2v) is 8.17. The van der Waals surface area contributed by atoms with Gasteiger partial charge in [-0.05, 0) is 38.8 Å². The van der Waals surface area contributed by atoms with Crippen LogP contribution in [0, 0.1) is 0 Å². The van der Waals surface area contributed by atoms with Crippen LogP contribution < -0.4 is 4.90 Å². The smallest absolute Gasteiger partial charge is 0.205 e. The summed E-state index contributed by atoms with van der Waals surface area (Å²) in [5.41, 5.74) is 2.33. The van der Waals surface area contributed by atoms with E-state index in [-0.39, 0.29) is 0 Å². The summed E-state index contributed by atoms with van der Waals surface area (Å²) in [6.07, 6.45) is 3.09. The molecule has 0 bridgehead atoms. The molecule has 4 rings (SSSR count). The summed E-state index contributed by atoms with van der Waals surface area (Å²) in [6, 6.07) is 8.86. The number of imidazole rings is 1. The standard InChI is InChI=1S/C20H27N5OS/c1-14(2)25-17-9-5-4-8-16(17)21-19(25)15-7-6-11-24(13-15)20-22-18(23-27-20)10-12-26-3/h4-5,8-9,14-15H,6-7,10-13H2,1-3H3. The number of piperidine rings is 1. The van der Waals surface area contributed by atoms with Crippen molar-refractivity contribution in [2.75, 3.05) is 31.7 Å². The summed E-state index contributed by atoms with van der Waals surface area (Å²) in [7, 11) is 1.71. The van der Waals surface area contributed by atoms with Crippen LogP contribution in [0.3, 0.4) is 0 Å². The number of rotatable bonds is 6. The Bertz CT molecular complexity index is 903. The highest BCUT2D eigenvalue weighted by Crippen LogP contribution is 2.33. The Morgan fingerprint density at radius 3 is 2.93 bits per heavy atom. The normalized spacial score (nSPS) is 17.9. The van der Waals surface area contributed by atoms with Crippen molar-refractivity contribution in [3.05, 3.63) is 35.9 Å². The molecule has 0 spiro atoms. The fraction of sp³-hybridized carbons (Fsp3) is 0.550. The van der Waals surface area contributed by atoms with E-state index in [0.717, 1.165) is 42.4 Å². The molecule has 6 nitrogen and oxygen atoms in total. The van der Waals surface area contributed by atoms with Gasteiger partial charge in [0.05, 0.1) is 17.6 Å². The van der Waals surface area contributed by atoms with Gasteiger partial charge >= 0.3 is 0 Å². The first-order valence-corrected chi connectivity index (χ1v) is 10.5. The lowest BCUT2D eigenvalue weighted by molar-refractivity contribution is 0.201. The Labute approximate surface area is 164 Å². The van der Waals surface area contributed by atoms with E-state index < -0.39 is 0 Å². The molecule has 3 heterocycles. The van der Waals surface area contributed by atoms with Crippen LogP contribution in [-0.4, -0.2) is 45.7 Å². The number of hydrogen-bond acceptors (Lipinski definition) is 6. The minimum absolute atomic E-state index is 0.393. The number of hydrogen-bond donors (Lipinski definition) is 0. The van der Waals surface area contributed by atoms with Gasteiger partial charge in [-0.15, -0.1) is 0 Å². The quantitative estimate of drug-likeness (QED) is 0.641. The van der Waals surface area contributed by atoms with Crippen LogP contribution in [0.5, 0.6) is 0 Å². The third-order valence-corrected chi connectivity index (χ3v) is 6.00. The minimum atomic E-state index is 0.393. The molecule has 3 aromatic rings. The van der Waals surface area contributed by atoms with Crippen molar-refractivity contribution < 1.29 is 4.74 Å². The van der Waals surface area contributed by atoms with Crippen LogP contribution in [0.25, 0.3) is 11.0 Å². The van der Waals surface area contributed by atoms with Crippen molar-refractivity contribution in [3.8, 4) is 0 Å². The van der Waals surface area contributed by atoms with Gasteiger partial charge in [-0.25, -0.2) is 9.97 Å². The van der Waals surface area contributed by atoms with Gasteiger partial charge in [0.2, 0.25) is 5.13 Å². The van der Waals surface area contributed by atoms with E-state index in [9.17, 15) is 0 Å². The van der Waals surface area contributed by atoms with Crippen LogP contribution >= 0.6 is 11.5 Å². The zero-order valence-electron chi connectivity index (χ0n) is 16.3. The molecule has 144 valence electrons. The zero-order valence-corrected chi connectivity index (χ0v) is 17.1. The highest BCUT2D eigenvalue weighted by Gasteiger charge is 2.28. The highest BCUT2D eigenvalue weighted by atomic mass is 32.1. The molecule has 0 N–H and O–H groups in total. The maximum Gasteiger partial charge on any atom is 0.205 e. The van der Waals surface area contributed by atoms with Crippen molar-refractivity contribution in [2.24, 2.45) is 0 Å². The lowest BCUT2D eigenvalue weighted by atomic mass is 9.97. The predicted molar refractivity (Wildman–Crippen MR) is 110 cm³/mol. The fourth-order valence-corrected chi connectivity index (χ4v) is 4.67. The molecule has 1 saturated heterocycles. The monoisotopic (exact) mass is 385 g/mol. The van der Waals surface area contributed by atoms with Gasteiger partial charge in [0.1, 0.15) is 11.6 Å². The van der Waals surface area contributed by atoms with Crippen LogP contribution in [0.15, 0.2) is 24.3 Å². The number of ether oxygens (including phenoxy) is 1. The second kappa shape index (κ2) is 7.94. The third-order valence-electron chi connectivity index (χ3n) is 5.18. The molecule has 1 aliphatic rings. The molecule has 2 aromatic heterocycles. The lowest BCUT2D eigenvalue weighted by Crippen LogP contribution is -2.35. The summed E-state index contributed by atoms with van der Waals surface area (Å²) in [4.78, 5) is 12.1. The fourth-order valence-electron chi connectivity index (χ4n) is 3.92. The molecule has 0 saturated carbocycles. The Hall–Kier alpha value is -1.99. The van der Waals surface area contributed by atoms with Gasteiger partial charge < -0.3 is 14.2 Å². The first-order chi connectivity index (χ1) is 13.2. The molecular formula is C20H27N5OS. The molecule has 1 unspecified atom stereocenters. The number of fused-ring (bicyclic) bond motifs is 1. The molecule has 0 aliphatic carbocycles. The molecule has 1 aromatic carbocycles. The van der Waals surface area contributed by atoms with Crippen LogP contribution in [-0.2, 0) is 11.2 Å². The Morgan fingerprint density at radius 1 is 1.26 bits per heavy atom. The highest BCUT2D eigenvalue weighted by molar-refractivity contribution is 7.09. The summed E-state index contributed by atoms with van der Waals surface area (Å²) >= 11 is 1.50. The van der Waals surface area contributed by atoms with Crippen LogP contribution in [0.1, 0.15) is 50.3 Å². The minimum Gasteiger partial charge on any atom is -0.384 e. The van der Waals surface area contributed by atoms with Crippen molar-refractivity contribution in [3.63, 3.8) is 0 Å². The number of aromatic nitrogens is 4. The van der Waals surface area contributed by atoms with E-state index in [4.69, 9.17) is 14.7 Å². The van der Waals surface area contributed by atoms with E-state index in [1.165, 1.54) is 29.3 Å². The Balaban J connectivity index is 1.59. The van der Waals surface area contributed by atoms with Crippen molar-refractivity contribution in [2.45, 2.75) is 45.1 Å². The van der Waals surface area contributed by atoms with Gasteiger partial charge in [0, 0.05) is 50.1 Å². The van der Waals surface area contributed by atoms with Crippen LogP contribution in [0.2, 0.25) is 0 Å². The molecule has 27 heavy (non-hydrogen) atoms. The van der Waals surface area contributed by atoms with Gasteiger partial charge in [-0.2, -0.15) is 4.37 Å². The summed E-state index contributed by atoms with van der Waals surface area (Å²) in [6.45, 7) is 7.14. The lowest BCUT2D eigenvalue weighted by Gasteiger charge is -2.32. The van der Waals surface area contributed by atoms with Crippen molar-refractivity contribution >= 4 is 27.7 Å². The predicted octanol–water partition coefficient (Wildman–Crippen LogP) is 4.04. The van der Waals surface area contributed by atoms with Gasteiger partial charge in [-0.3, -0.25) is 0 Å². The van der Waals surface area contributed by atoms with E-state index in [1.54, 1.807) is 7.11 Å². The van der Waals surface area contributed by atoms with E-state index in [1.807, 2.05) is 0 Å². The average Bonchev–Trinajstić information content (AvgIpc) is 3.31.